The summed E-state index contributed by atoms with van der Waals surface area (Å²) in [6.45, 7) is 1.80. The fourth-order valence-corrected chi connectivity index (χ4v) is 1.80. The maximum absolute atomic E-state index is 10.8. The van der Waals surface area contributed by atoms with Gasteiger partial charge in [-0.1, -0.05) is 12.1 Å². The Bertz CT molecular complexity index is 569. The Hall–Kier alpha value is -2.10. The molecule has 0 aliphatic carbocycles. The van der Waals surface area contributed by atoms with Crippen LogP contribution in [0.4, 0.5) is 0 Å². The number of aromatic nitrogens is 1. The number of hydrogen-bond donors (Lipinski definition) is 1. The predicted molar refractivity (Wildman–Crippen MR) is 59.7 cm³/mol. The fraction of sp³-hybridized carbons (Fsp3) is 0.167. The van der Waals surface area contributed by atoms with Crippen molar-refractivity contribution in [1.82, 2.24) is 4.57 Å². The summed E-state index contributed by atoms with van der Waals surface area (Å²) in [6, 6.07) is 5.62. The minimum atomic E-state index is -0.921. The molecular formula is C12H11NO3. The number of carboxylic acids is 1. The van der Waals surface area contributed by atoms with Crippen LogP contribution in [-0.4, -0.2) is 21.9 Å². The van der Waals surface area contributed by atoms with Gasteiger partial charge in [-0.25, -0.2) is 0 Å². The SMILES string of the molecule is Cc1ccc2c(C=O)cn(CC(=O)O)c2c1. The Kier molecular flexibility index (Phi) is 2.48. The summed E-state index contributed by atoms with van der Waals surface area (Å²) in [5, 5.41) is 9.56. The molecule has 0 saturated carbocycles. The molecule has 0 amide bonds. The van der Waals surface area contributed by atoms with Gasteiger partial charge in [0.15, 0.2) is 6.29 Å². The second-order valence-electron chi connectivity index (χ2n) is 3.74. The lowest BCUT2D eigenvalue weighted by molar-refractivity contribution is -0.137. The zero-order valence-corrected chi connectivity index (χ0v) is 8.80. The number of aryl methyl sites for hydroxylation is 1. The molecule has 2 aromatic rings. The van der Waals surface area contributed by atoms with Crippen LogP contribution in [-0.2, 0) is 11.3 Å². The number of fused-ring (bicyclic) bond motifs is 1. The van der Waals surface area contributed by atoms with Crippen molar-refractivity contribution in [2.24, 2.45) is 0 Å². The summed E-state index contributed by atoms with van der Waals surface area (Å²) in [4.78, 5) is 21.5. The number of carboxylic acid groups (broad SMARTS) is 1. The van der Waals surface area contributed by atoms with Gasteiger partial charge in [0.2, 0.25) is 0 Å². The van der Waals surface area contributed by atoms with Crippen LogP contribution < -0.4 is 0 Å². The van der Waals surface area contributed by atoms with Crippen LogP contribution in [0.15, 0.2) is 24.4 Å². The summed E-state index contributed by atoms with van der Waals surface area (Å²) in [7, 11) is 0. The van der Waals surface area contributed by atoms with Crippen LogP contribution in [0.1, 0.15) is 15.9 Å². The molecule has 0 atom stereocenters. The van der Waals surface area contributed by atoms with Gasteiger partial charge in [-0.15, -0.1) is 0 Å². The van der Waals surface area contributed by atoms with Crippen LogP contribution in [0.25, 0.3) is 10.9 Å². The number of rotatable bonds is 3. The van der Waals surface area contributed by atoms with E-state index in [1.165, 1.54) is 0 Å². The lowest BCUT2D eigenvalue weighted by Gasteiger charge is -2.01. The second-order valence-corrected chi connectivity index (χ2v) is 3.74. The van der Waals surface area contributed by atoms with Crippen molar-refractivity contribution in [3.8, 4) is 0 Å². The van der Waals surface area contributed by atoms with Crippen LogP contribution in [0.3, 0.4) is 0 Å². The van der Waals surface area contributed by atoms with Crippen molar-refractivity contribution < 1.29 is 14.7 Å². The van der Waals surface area contributed by atoms with E-state index in [0.717, 1.165) is 22.8 Å². The number of nitrogens with zero attached hydrogens (tertiary/aromatic N) is 1. The minimum Gasteiger partial charge on any atom is -0.480 e. The molecule has 4 nitrogen and oxygen atoms in total. The Morgan fingerprint density at radius 3 is 2.88 bits per heavy atom. The molecular weight excluding hydrogens is 206 g/mol. The third-order valence-corrected chi connectivity index (χ3v) is 2.50. The highest BCUT2D eigenvalue weighted by atomic mass is 16.4. The average Bonchev–Trinajstić information content (AvgIpc) is 2.55. The number of hydrogen-bond acceptors (Lipinski definition) is 2. The molecule has 0 unspecified atom stereocenters. The Balaban J connectivity index is 2.68. The van der Waals surface area contributed by atoms with E-state index in [2.05, 4.69) is 0 Å². The van der Waals surface area contributed by atoms with E-state index in [4.69, 9.17) is 5.11 Å². The zero-order valence-electron chi connectivity index (χ0n) is 8.80. The molecule has 0 fully saturated rings. The molecule has 0 saturated heterocycles. The molecule has 0 bridgehead atoms. The highest BCUT2D eigenvalue weighted by Gasteiger charge is 2.09. The van der Waals surface area contributed by atoms with Crippen molar-refractivity contribution in [3.05, 3.63) is 35.5 Å². The van der Waals surface area contributed by atoms with Gasteiger partial charge in [0.05, 0.1) is 0 Å². The molecule has 1 aromatic carbocycles. The Morgan fingerprint density at radius 1 is 1.50 bits per heavy atom. The number of benzene rings is 1. The maximum atomic E-state index is 10.8. The van der Waals surface area contributed by atoms with E-state index < -0.39 is 5.97 Å². The quantitative estimate of drug-likeness (QED) is 0.798. The molecule has 0 spiro atoms. The normalized spacial score (nSPS) is 10.6. The van der Waals surface area contributed by atoms with Crippen LogP contribution in [0.5, 0.6) is 0 Å². The van der Waals surface area contributed by atoms with Gasteiger partial charge in [-0.05, 0) is 18.6 Å². The van der Waals surface area contributed by atoms with E-state index in [0.29, 0.717) is 5.56 Å². The lowest BCUT2D eigenvalue weighted by atomic mass is 10.1. The second kappa shape index (κ2) is 3.81. The first-order valence-corrected chi connectivity index (χ1v) is 4.88. The van der Waals surface area contributed by atoms with Crippen LogP contribution >= 0.6 is 0 Å². The number of carbonyl (C=O) groups is 2. The summed E-state index contributed by atoms with van der Waals surface area (Å²) in [6.07, 6.45) is 2.32. The monoisotopic (exact) mass is 217 g/mol. The number of carbonyl (C=O) groups excluding carboxylic acids is 1. The van der Waals surface area contributed by atoms with Crippen LogP contribution in [0, 0.1) is 6.92 Å². The van der Waals surface area contributed by atoms with E-state index in [1.807, 2.05) is 25.1 Å². The zero-order chi connectivity index (χ0) is 11.7. The van der Waals surface area contributed by atoms with E-state index in [-0.39, 0.29) is 6.54 Å². The van der Waals surface area contributed by atoms with Crippen molar-refractivity contribution in [3.63, 3.8) is 0 Å². The predicted octanol–water partition coefficient (Wildman–Crippen LogP) is 1.85. The van der Waals surface area contributed by atoms with Gasteiger partial charge in [0.25, 0.3) is 0 Å². The highest BCUT2D eigenvalue weighted by molar-refractivity contribution is 5.98. The summed E-state index contributed by atoms with van der Waals surface area (Å²) < 4.78 is 1.58. The van der Waals surface area contributed by atoms with Gasteiger partial charge in [0, 0.05) is 22.7 Å². The molecule has 1 heterocycles. The molecule has 82 valence electrons. The van der Waals surface area contributed by atoms with Crippen LogP contribution in [0.2, 0.25) is 0 Å². The highest BCUT2D eigenvalue weighted by Crippen LogP contribution is 2.21. The van der Waals surface area contributed by atoms with Gasteiger partial charge in [-0.3, -0.25) is 9.59 Å². The Morgan fingerprint density at radius 2 is 2.25 bits per heavy atom. The molecule has 16 heavy (non-hydrogen) atoms. The summed E-state index contributed by atoms with van der Waals surface area (Å²) in [5.74, 6) is -0.921. The van der Waals surface area contributed by atoms with Crippen molar-refractivity contribution in [2.75, 3.05) is 0 Å². The van der Waals surface area contributed by atoms with Crippen molar-refractivity contribution in [1.29, 1.82) is 0 Å². The van der Waals surface area contributed by atoms with Gasteiger partial charge >= 0.3 is 5.97 Å². The van der Waals surface area contributed by atoms with Crippen molar-refractivity contribution >= 4 is 23.2 Å². The Labute approximate surface area is 92.1 Å². The van der Waals surface area contributed by atoms with Crippen molar-refractivity contribution in [2.45, 2.75) is 13.5 Å². The summed E-state index contributed by atoms with van der Waals surface area (Å²) >= 11 is 0. The van der Waals surface area contributed by atoms with E-state index in [1.54, 1.807) is 10.8 Å². The lowest BCUT2D eigenvalue weighted by Crippen LogP contribution is -2.07. The van der Waals surface area contributed by atoms with Gasteiger partial charge in [-0.2, -0.15) is 0 Å². The first-order chi connectivity index (χ1) is 7.61. The number of aldehydes is 1. The third-order valence-electron chi connectivity index (χ3n) is 2.50. The maximum Gasteiger partial charge on any atom is 0.323 e. The number of aliphatic carboxylic acids is 1. The molecule has 0 radical (unpaired) electrons. The molecule has 0 aliphatic heterocycles. The van der Waals surface area contributed by atoms with Gasteiger partial charge < -0.3 is 9.67 Å². The van der Waals surface area contributed by atoms with Gasteiger partial charge in [0.1, 0.15) is 6.54 Å². The minimum absolute atomic E-state index is 0.131. The molecule has 2 rings (SSSR count). The molecule has 0 aliphatic rings. The molecule has 4 heteroatoms. The molecule has 1 aromatic heterocycles. The summed E-state index contributed by atoms with van der Waals surface area (Å²) in [5.41, 5.74) is 2.34. The van der Waals surface area contributed by atoms with E-state index in [9.17, 15) is 9.59 Å². The first kappa shape index (κ1) is 10.4. The average molecular weight is 217 g/mol. The third kappa shape index (κ3) is 1.69. The first-order valence-electron chi connectivity index (χ1n) is 4.88. The standard InChI is InChI=1S/C12H11NO3/c1-8-2-3-10-9(7-14)5-13(6-12(15)16)11(10)4-8/h2-5,7H,6H2,1H3,(H,15,16). The van der Waals surface area contributed by atoms with E-state index >= 15 is 0 Å². The largest absolute Gasteiger partial charge is 0.480 e. The topological polar surface area (TPSA) is 59.3 Å². The smallest absolute Gasteiger partial charge is 0.323 e. The fourth-order valence-electron chi connectivity index (χ4n) is 1.80. The molecule has 1 N–H and O–H groups in total.